The van der Waals surface area contributed by atoms with Crippen molar-refractivity contribution in [1.82, 2.24) is 0 Å². The molecule has 1 aliphatic rings. The van der Waals surface area contributed by atoms with Crippen LogP contribution in [-0.4, -0.2) is 33.0 Å². The fraction of sp³-hybridized carbons (Fsp3) is 0.316. The molecule has 1 heterocycles. The third kappa shape index (κ3) is 4.56. The topological polar surface area (TPSA) is 78.5 Å². The second-order valence-electron chi connectivity index (χ2n) is 6.29. The van der Waals surface area contributed by atoms with Crippen LogP contribution in [0, 0.1) is 0 Å². The first-order valence-corrected chi connectivity index (χ1v) is 11.6. The maximum atomic E-state index is 12.5. The van der Waals surface area contributed by atoms with Crippen LogP contribution < -0.4 is 14.9 Å². The average molecular weight is 406 g/mol. The minimum atomic E-state index is -3.32. The van der Waals surface area contributed by atoms with Crippen LogP contribution >= 0.6 is 11.8 Å². The molecule has 2 amide bonds. The van der Waals surface area contributed by atoms with Crippen molar-refractivity contribution in [2.24, 2.45) is 0 Å². The van der Waals surface area contributed by atoms with E-state index < -0.39 is 10.0 Å². The molecule has 6 nitrogen and oxygen atoms in total. The number of benzene rings is 2. The van der Waals surface area contributed by atoms with E-state index in [9.17, 15) is 13.2 Å². The van der Waals surface area contributed by atoms with Gasteiger partial charge in [0.15, 0.2) is 0 Å². The summed E-state index contributed by atoms with van der Waals surface area (Å²) < 4.78 is 26.4. The van der Waals surface area contributed by atoms with Gasteiger partial charge in [0.25, 0.3) is 0 Å². The van der Waals surface area contributed by atoms with Crippen LogP contribution in [-0.2, 0) is 16.4 Å². The number of carbonyl (C=O) groups excluding carboxylic acids is 1. The summed E-state index contributed by atoms with van der Waals surface area (Å²) in [6.45, 7) is 2.30. The van der Waals surface area contributed by atoms with Crippen molar-refractivity contribution in [3.63, 3.8) is 0 Å². The summed E-state index contributed by atoms with van der Waals surface area (Å²) >= 11 is 1.60. The number of thioether (sulfide) groups is 1. The first-order valence-electron chi connectivity index (χ1n) is 8.78. The highest BCUT2D eigenvalue weighted by molar-refractivity contribution is 7.98. The molecule has 0 spiro atoms. The average Bonchev–Trinajstić information content (AvgIpc) is 3.06. The first-order chi connectivity index (χ1) is 12.9. The van der Waals surface area contributed by atoms with Gasteiger partial charge in [-0.15, -0.1) is 11.8 Å². The fourth-order valence-corrected chi connectivity index (χ4v) is 5.11. The van der Waals surface area contributed by atoms with E-state index in [1.165, 1.54) is 4.31 Å². The molecule has 3 rings (SSSR count). The number of sulfonamides is 1. The molecule has 0 aliphatic carbocycles. The van der Waals surface area contributed by atoms with Gasteiger partial charge in [-0.1, -0.05) is 19.1 Å². The Kier molecular flexibility index (Phi) is 5.96. The summed E-state index contributed by atoms with van der Waals surface area (Å²) in [6.07, 6.45) is 3.23. The molecule has 1 aliphatic heterocycles. The van der Waals surface area contributed by atoms with E-state index in [0.717, 1.165) is 10.5 Å². The molecule has 8 heteroatoms. The molecule has 0 saturated carbocycles. The van der Waals surface area contributed by atoms with Gasteiger partial charge in [0.1, 0.15) is 0 Å². The Morgan fingerprint density at radius 2 is 1.89 bits per heavy atom. The third-order valence-electron chi connectivity index (χ3n) is 4.32. The van der Waals surface area contributed by atoms with Gasteiger partial charge in [-0.3, -0.25) is 4.31 Å². The smallest absolute Gasteiger partial charge is 0.308 e. The first kappa shape index (κ1) is 19.6. The molecule has 144 valence electrons. The number of urea groups is 1. The van der Waals surface area contributed by atoms with E-state index in [0.29, 0.717) is 36.4 Å². The summed E-state index contributed by atoms with van der Waals surface area (Å²) in [5.41, 5.74) is 2.90. The number of rotatable bonds is 6. The normalized spacial score (nSPS) is 13.3. The number of amides is 2. The summed E-state index contributed by atoms with van der Waals surface area (Å²) in [6, 6.07) is 12.6. The summed E-state index contributed by atoms with van der Waals surface area (Å²) in [5.74, 6) is 0.121. The Morgan fingerprint density at radius 3 is 2.59 bits per heavy atom. The number of fused-ring (bicyclic) bond motifs is 1. The Morgan fingerprint density at radius 1 is 1.15 bits per heavy atom. The highest BCUT2D eigenvalue weighted by atomic mass is 32.2. The summed E-state index contributed by atoms with van der Waals surface area (Å²) in [4.78, 5) is 13.4. The lowest BCUT2D eigenvalue weighted by atomic mass is 10.1. The van der Waals surface area contributed by atoms with Crippen LogP contribution in [0.1, 0.15) is 18.9 Å². The lowest BCUT2D eigenvalue weighted by Crippen LogP contribution is -2.31. The molecule has 0 radical (unpaired) electrons. The van der Waals surface area contributed by atoms with Crippen molar-refractivity contribution in [3.8, 4) is 0 Å². The molecular weight excluding hydrogens is 382 g/mol. The van der Waals surface area contributed by atoms with Crippen molar-refractivity contribution in [3.05, 3.63) is 48.0 Å². The molecule has 0 saturated heterocycles. The number of carbonyl (C=O) groups is 1. The quantitative estimate of drug-likeness (QED) is 0.708. The zero-order valence-corrected chi connectivity index (χ0v) is 17.0. The van der Waals surface area contributed by atoms with E-state index in [2.05, 4.69) is 10.6 Å². The number of nitrogens with zero attached hydrogens (tertiary/aromatic N) is 1. The van der Waals surface area contributed by atoms with E-state index in [1.54, 1.807) is 23.9 Å². The molecule has 0 bridgehead atoms. The van der Waals surface area contributed by atoms with Crippen molar-refractivity contribution in [2.45, 2.75) is 24.7 Å². The van der Waals surface area contributed by atoms with Gasteiger partial charge >= 0.3 is 6.03 Å². The van der Waals surface area contributed by atoms with Crippen LogP contribution in [0.4, 0.5) is 21.9 Å². The summed E-state index contributed by atoms with van der Waals surface area (Å²) in [7, 11) is -3.32. The Hall–Kier alpha value is -2.19. The number of hydrogen-bond acceptors (Lipinski definition) is 4. The van der Waals surface area contributed by atoms with Crippen molar-refractivity contribution in [2.75, 3.05) is 33.5 Å². The highest BCUT2D eigenvalue weighted by Crippen LogP contribution is 2.33. The van der Waals surface area contributed by atoms with Gasteiger partial charge < -0.3 is 10.6 Å². The number of hydrogen-bond donors (Lipinski definition) is 2. The Balaban J connectivity index is 1.74. The molecule has 0 unspecified atom stereocenters. The second kappa shape index (κ2) is 8.22. The predicted molar refractivity (Wildman–Crippen MR) is 112 cm³/mol. The lowest BCUT2D eigenvalue weighted by Gasteiger charge is -2.19. The zero-order chi connectivity index (χ0) is 19.4. The van der Waals surface area contributed by atoms with Gasteiger partial charge in [0.2, 0.25) is 10.0 Å². The Labute approximate surface area is 164 Å². The number of anilines is 3. The minimum Gasteiger partial charge on any atom is -0.308 e. The lowest BCUT2D eigenvalue weighted by molar-refractivity contribution is 0.262. The van der Waals surface area contributed by atoms with Crippen molar-refractivity contribution >= 4 is 44.9 Å². The maximum Gasteiger partial charge on any atom is 0.323 e. The predicted octanol–water partition coefficient (Wildman–Crippen LogP) is 4.15. The van der Waals surface area contributed by atoms with E-state index >= 15 is 0 Å². The molecule has 2 aromatic carbocycles. The van der Waals surface area contributed by atoms with Gasteiger partial charge in [-0.25, -0.2) is 13.2 Å². The van der Waals surface area contributed by atoms with Gasteiger partial charge in [-0.05, 0) is 55.0 Å². The molecule has 0 aromatic heterocycles. The summed E-state index contributed by atoms with van der Waals surface area (Å²) in [5, 5.41) is 5.58. The van der Waals surface area contributed by atoms with Crippen molar-refractivity contribution in [1.29, 1.82) is 0 Å². The van der Waals surface area contributed by atoms with Crippen molar-refractivity contribution < 1.29 is 13.2 Å². The second-order valence-corrected chi connectivity index (χ2v) is 9.19. The zero-order valence-electron chi connectivity index (χ0n) is 15.4. The monoisotopic (exact) mass is 405 g/mol. The molecular formula is C19H23N3O3S2. The van der Waals surface area contributed by atoms with Gasteiger partial charge in [0, 0.05) is 22.8 Å². The van der Waals surface area contributed by atoms with Crippen LogP contribution in [0.25, 0.3) is 0 Å². The fourth-order valence-electron chi connectivity index (χ4n) is 3.08. The third-order valence-corrected chi connectivity index (χ3v) is 7.02. The van der Waals surface area contributed by atoms with Crippen LogP contribution in [0.2, 0.25) is 0 Å². The standard InChI is InChI=1S/C19H23N3O3S2/c1-3-11-27(24,25)22-10-9-14-7-8-16(13-18(14)22)21-19(23)20-15-5-4-6-17(12-15)26-2/h4-8,12-13H,3,9-11H2,1-2H3,(H2,20,21,23). The molecule has 2 N–H and O–H groups in total. The molecule has 27 heavy (non-hydrogen) atoms. The SMILES string of the molecule is CCCS(=O)(=O)N1CCc2ccc(NC(=O)Nc3cccc(SC)c3)cc21. The van der Waals surface area contributed by atoms with Crippen LogP contribution in [0.15, 0.2) is 47.4 Å². The molecule has 0 atom stereocenters. The van der Waals surface area contributed by atoms with Crippen LogP contribution in [0.3, 0.4) is 0 Å². The highest BCUT2D eigenvalue weighted by Gasteiger charge is 2.28. The van der Waals surface area contributed by atoms with E-state index in [-0.39, 0.29) is 11.8 Å². The molecule has 0 fully saturated rings. The Bertz CT molecular complexity index is 945. The minimum absolute atomic E-state index is 0.121. The van der Waals surface area contributed by atoms with E-state index in [1.807, 2.05) is 43.5 Å². The molecule has 2 aromatic rings. The van der Waals surface area contributed by atoms with Crippen LogP contribution in [0.5, 0.6) is 0 Å². The van der Waals surface area contributed by atoms with Gasteiger partial charge in [0.05, 0.1) is 11.4 Å². The largest absolute Gasteiger partial charge is 0.323 e. The van der Waals surface area contributed by atoms with Gasteiger partial charge in [-0.2, -0.15) is 0 Å². The van der Waals surface area contributed by atoms with E-state index in [4.69, 9.17) is 0 Å². The number of nitrogens with one attached hydrogen (secondary N) is 2. The maximum absolute atomic E-state index is 12.5.